The molecular weight excluding hydrogens is 242 g/mol. The molecule has 0 aromatic heterocycles. The van der Waals surface area contributed by atoms with Gasteiger partial charge in [-0.25, -0.2) is 0 Å². The van der Waals surface area contributed by atoms with E-state index in [1.54, 1.807) is 0 Å². The largest absolute Gasteiger partial charge is 0.353 e. The van der Waals surface area contributed by atoms with E-state index >= 15 is 0 Å². The van der Waals surface area contributed by atoms with Crippen molar-refractivity contribution < 1.29 is 14.3 Å². The van der Waals surface area contributed by atoms with Crippen molar-refractivity contribution in [1.82, 2.24) is 5.32 Å². The van der Waals surface area contributed by atoms with Gasteiger partial charge in [0.1, 0.15) is 6.10 Å². The molecule has 4 heteroatoms. The highest BCUT2D eigenvalue weighted by molar-refractivity contribution is 5.81. The van der Waals surface area contributed by atoms with Crippen molar-refractivity contribution in [3.05, 3.63) is 0 Å². The van der Waals surface area contributed by atoms with Crippen molar-refractivity contribution in [1.29, 1.82) is 0 Å². The van der Waals surface area contributed by atoms with Gasteiger partial charge in [0.15, 0.2) is 5.79 Å². The van der Waals surface area contributed by atoms with E-state index in [2.05, 4.69) is 5.32 Å². The van der Waals surface area contributed by atoms with E-state index in [-0.39, 0.29) is 23.2 Å². The topological polar surface area (TPSA) is 47.6 Å². The van der Waals surface area contributed by atoms with E-state index < -0.39 is 0 Å². The summed E-state index contributed by atoms with van der Waals surface area (Å²) in [7, 11) is 0. The van der Waals surface area contributed by atoms with Crippen LogP contribution in [0.4, 0.5) is 0 Å². The standard InChI is InChI=1S/C15H27NO3/c1-14(2,3)13(17)16-10-12-11-18-15(19-12)8-6-4-5-7-9-15/h12H,4-11H2,1-3H3,(H,16,17). The molecule has 1 saturated carbocycles. The number of carbonyl (C=O) groups excluding carboxylic acids is 1. The maximum Gasteiger partial charge on any atom is 0.225 e. The molecule has 110 valence electrons. The van der Waals surface area contributed by atoms with Crippen LogP contribution < -0.4 is 5.32 Å². The SMILES string of the molecule is CC(C)(C)C(=O)NCC1COC2(CCCCCC2)O1. The molecule has 4 nitrogen and oxygen atoms in total. The molecule has 1 unspecified atom stereocenters. The van der Waals surface area contributed by atoms with Gasteiger partial charge in [0.2, 0.25) is 5.91 Å². The molecule has 1 aliphatic carbocycles. The summed E-state index contributed by atoms with van der Waals surface area (Å²) in [4.78, 5) is 11.8. The van der Waals surface area contributed by atoms with Crippen molar-refractivity contribution in [3.63, 3.8) is 0 Å². The Bertz CT molecular complexity index is 314. The minimum Gasteiger partial charge on any atom is -0.353 e. The van der Waals surface area contributed by atoms with E-state index in [0.29, 0.717) is 13.2 Å². The molecule has 1 atom stereocenters. The first-order chi connectivity index (χ1) is 8.91. The zero-order valence-corrected chi connectivity index (χ0v) is 12.5. The lowest BCUT2D eigenvalue weighted by Crippen LogP contribution is -2.40. The highest BCUT2D eigenvalue weighted by Crippen LogP contribution is 2.36. The molecular formula is C15H27NO3. The zero-order chi connectivity index (χ0) is 13.9. The highest BCUT2D eigenvalue weighted by atomic mass is 16.7. The predicted octanol–water partition coefficient (Wildman–Crippen LogP) is 2.61. The molecule has 0 bridgehead atoms. The first-order valence-electron chi connectivity index (χ1n) is 7.51. The zero-order valence-electron chi connectivity index (χ0n) is 12.5. The normalized spacial score (nSPS) is 27.2. The third kappa shape index (κ3) is 3.93. The van der Waals surface area contributed by atoms with Crippen LogP contribution in [0.3, 0.4) is 0 Å². The van der Waals surface area contributed by atoms with Gasteiger partial charge in [-0.05, 0) is 12.8 Å². The monoisotopic (exact) mass is 269 g/mol. The molecule has 0 radical (unpaired) electrons. The second-order valence-corrected chi connectivity index (χ2v) is 6.84. The Morgan fingerprint density at radius 2 is 1.84 bits per heavy atom. The first kappa shape index (κ1) is 14.8. The summed E-state index contributed by atoms with van der Waals surface area (Å²) < 4.78 is 12.0. The molecule has 0 aromatic rings. The number of ether oxygens (including phenoxy) is 2. The summed E-state index contributed by atoms with van der Waals surface area (Å²) >= 11 is 0. The van der Waals surface area contributed by atoms with Gasteiger partial charge in [-0.3, -0.25) is 4.79 Å². The Kier molecular flexibility index (Phi) is 4.51. The van der Waals surface area contributed by atoms with Gasteiger partial charge < -0.3 is 14.8 Å². The Hall–Kier alpha value is -0.610. The number of rotatable bonds is 2. The van der Waals surface area contributed by atoms with Crippen LogP contribution in [-0.2, 0) is 14.3 Å². The molecule has 2 rings (SSSR count). The van der Waals surface area contributed by atoms with Crippen molar-refractivity contribution in [2.24, 2.45) is 5.41 Å². The summed E-state index contributed by atoms with van der Waals surface area (Å²) in [6, 6.07) is 0. The Labute approximate surface area is 116 Å². The molecule has 1 spiro atoms. The molecule has 2 aliphatic rings. The molecule has 0 aromatic carbocycles. The maximum absolute atomic E-state index is 11.8. The van der Waals surface area contributed by atoms with Crippen LogP contribution in [0, 0.1) is 5.41 Å². The van der Waals surface area contributed by atoms with E-state index in [1.165, 1.54) is 25.7 Å². The van der Waals surface area contributed by atoms with Crippen molar-refractivity contribution in [3.8, 4) is 0 Å². The minimum absolute atomic E-state index is 0.00407. The molecule has 2 fully saturated rings. The van der Waals surface area contributed by atoms with Gasteiger partial charge >= 0.3 is 0 Å². The lowest BCUT2D eigenvalue weighted by atomic mass is 9.96. The van der Waals surface area contributed by atoms with Crippen LogP contribution in [0.15, 0.2) is 0 Å². The number of carbonyl (C=O) groups is 1. The summed E-state index contributed by atoms with van der Waals surface area (Å²) in [5, 5.41) is 2.96. The Morgan fingerprint density at radius 3 is 2.42 bits per heavy atom. The number of amides is 1. The van der Waals surface area contributed by atoms with Gasteiger partial charge in [0, 0.05) is 24.8 Å². The van der Waals surface area contributed by atoms with Gasteiger partial charge in [-0.1, -0.05) is 33.6 Å². The van der Waals surface area contributed by atoms with Gasteiger partial charge in [-0.15, -0.1) is 0 Å². The smallest absolute Gasteiger partial charge is 0.225 e. The van der Waals surface area contributed by atoms with E-state index in [9.17, 15) is 4.79 Å². The van der Waals surface area contributed by atoms with Gasteiger partial charge in [0.25, 0.3) is 0 Å². The predicted molar refractivity (Wildman–Crippen MR) is 73.7 cm³/mol. The van der Waals surface area contributed by atoms with Crippen molar-refractivity contribution in [2.45, 2.75) is 71.2 Å². The van der Waals surface area contributed by atoms with Gasteiger partial charge in [-0.2, -0.15) is 0 Å². The first-order valence-corrected chi connectivity index (χ1v) is 7.51. The number of hydrogen-bond acceptors (Lipinski definition) is 3. The molecule has 1 heterocycles. The average molecular weight is 269 g/mol. The molecule has 1 amide bonds. The molecule has 1 saturated heterocycles. The van der Waals surface area contributed by atoms with Crippen molar-refractivity contribution >= 4 is 5.91 Å². The lowest BCUT2D eigenvalue weighted by Gasteiger charge is -2.26. The number of hydrogen-bond donors (Lipinski definition) is 1. The molecule has 1 N–H and O–H groups in total. The maximum atomic E-state index is 11.8. The number of nitrogens with one attached hydrogen (secondary N) is 1. The second kappa shape index (κ2) is 5.80. The van der Waals surface area contributed by atoms with Crippen LogP contribution in [0.25, 0.3) is 0 Å². The quantitative estimate of drug-likeness (QED) is 0.838. The van der Waals surface area contributed by atoms with Crippen LogP contribution in [0.2, 0.25) is 0 Å². The van der Waals surface area contributed by atoms with Crippen LogP contribution in [0.1, 0.15) is 59.3 Å². The Balaban J connectivity index is 1.80. The van der Waals surface area contributed by atoms with E-state index in [0.717, 1.165) is 12.8 Å². The summed E-state index contributed by atoms with van der Waals surface area (Å²) in [5.41, 5.74) is -0.348. The Morgan fingerprint density at radius 1 is 1.21 bits per heavy atom. The molecule has 19 heavy (non-hydrogen) atoms. The van der Waals surface area contributed by atoms with Crippen LogP contribution in [-0.4, -0.2) is 30.9 Å². The summed E-state index contributed by atoms with van der Waals surface area (Å²) in [6.07, 6.45) is 6.92. The van der Waals surface area contributed by atoms with Crippen LogP contribution >= 0.6 is 0 Å². The van der Waals surface area contributed by atoms with Gasteiger partial charge in [0.05, 0.1) is 6.61 Å². The average Bonchev–Trinajstić information content (AvgIpc) is 2.58. The van der Waals surface area contributed by atoms with Crippen molar-refractivity contribution in [2.75, 3.05) is 13.2 Å². The minimum atomic E-state index is -0.354. The fraction of sp³-hybridized carbons (Fsp3) is 0.933. The summed E-state index contributed by atoms with van der Waals surface area (Å²) in [5.74, 6) is -0.286. The molecule has 1 aliphatic heterocycles. The van der Waals surface area contributed by atoms with E-state index in [1.807, 2.05) is 20.8 Å². The third-order valence-corrected chi connectivity index (χ3v) is 3.95. The van der Waals surface area contributed by atoms with Crippen LogP contribution in [0.5, 0.6) is 0 Å². The lowest BCUT2D eigenvalue weighted by molar-refractivity contribution is -0.175. The fourth-order valence-corrected chi connectivity index (χ4v) is 2.72. The fourth-order valence-electron chi connectivity index (χ4n) is 2.72. The second-order valence-electron chi connectivity index (χ2n) is 6.84. The van der Waals surface area contributed by atoms with E-state index in [4.69, 9.17) is 9.47 Å². The summed E-state index contributed by atoms with van der Waals surface area (Å²) in [6.45, 7) is 6.91. The third-order valence-electron chi connectivity index (χ3n) is 3.95. The highest BCUT2D eigenvalue weighted by Gasteiger charge is 2.41.